The first-order valence-corrected chi connectivity index (χ1v) is 8.27. The van der Waals surface area contributed by atoms with E-state index in [1.165, 1.54) is 24.3 Å². The quantitative estimate of drug-likeness (QED) is 0.707. The van der Waals surface area contributed by atoms with Gasteiger partial charge < -0.3 is 0 Å². The molecule has 0 fully saturated rings. The average molecular weight is 357 g/mol. The fourth-order valence-electron chi connectivity index (χ4n) is 3.67. The summed E-state index contributed by atoms with van der Waals surface area (Å²) >= 11 is 0. The van der Waals surface area contributed by atoms with Gasteiger partial charge in [-0.25, -0.2) is 0 Å². The minimum absolute atomic E-state index is 0.0926. The molecule has 2 aliphatic rings. The van der Waals surface area contributed by atoms with E-state index >= 15 is 0 Å². The highest BCUT2D eigenvalue weighted by Crippen LogP contribution is 2.36. The van der Waals surface area contributed by atoms with Crippen molar-refractivity contribution in [3.8, 4) is 0 Å². The van der Waals surface area contributed by atoms with Gasteiger partial charge in [-0.15, -0.1) is 0 Å². The van der Waals surface area contributed by atoms with Gasteiger partial charge in [-0.05, 0) is 35.9 Å². The van der Waals surface area contributed by atoms with E-state index in [0.29, 0.717) is 21.9 Å². The number of amides is 4. The largest absolute Gasteiger partial charge is 0.288 e. The summed E-state index contributed by atoms with van der Waals surface area (Å²) in [6.07, 6.45) is 3.21. The van der Waals surface area contributed by atoms with E-state index in [0.717, 1.165) is 10.5 Å². The van der Waals surface area contributed by atoms with Gasteiger partial charge in [0.05, 0.1) is 6.54 Å². The number of nitrogens with zero attached hydrogens (tertiary/aromatic N) is 2. The van der Waals surface area contributed by atoms with Gasteiger partial charge in [-0.3, -0.25) is 34.4 Å². The van der Waals surface area contributed by atoms with Crippen molar-refractivity contribution in [1.29, 1.82) is 0 Å². The van der Waals surface area contributed by atoms with E-state index in [4.69, 9.17) is 0 Å². The van der Waals surface area contributed by atoms with E-state index in [-0.39, 0.29) is 17.7 Å². The van der Waals surface area contributed by atoms with Crippen LogP contribution in [-0.2, 0) is 6.54 Å². The third-order valence-corrected chi connectivity index (χ3v) is 4.89. The molecule has 1 N–H and O–H groups in total. The average Bonchev–Trinajstić information content (AvgIpc) is 2.68. The summed E-state index contributed by atoms with van der Waals surface area (Å²) in [5, 5.41) is 3.00. The fourth-order valence-corrected chi connectivity index (χ4v) is 3.67. The second-order valence-electron chi connectivity index (χ2n) is 6.41. The van der Waals surface area contributed by atoms with Crippen molar-refractivity contribution in [3.05, 3.63) is 76.6 Å². The Morgan fingerprint density at radius 2 is 1.33 bits per heavy atom. The SMILES string of the molecule is O=C1NC(=O)c2ccc3c4c(ccc1c24)C(=O)N(Cc1cccnc1)C3=O. The molecule has 0 radical (unpaired) electrons. The Morgan fingerprint density at radius 1 is 0.778 bits per heavy atom. The molecule has 2 aromatic carbocycles. The van der Waals surface area contributed by atoms with Gasteiger partial charge in [0.2, 0.25) is 0 Å². The molecule has 0 spiro atoms. The number of hydrogen-bond donors (Lipinski definition) is 1. The van der Waals surface area contributed by atoms with Gasteiger partial charge >= 0.3 is 0 Å². The van der Waals surface area contributed by atoms with Crippen LogP contribution >= 0.6 is 0 Å². The maximum Gasteiger partial charge on any atom is 0.261 e. The van der Waals surface area contributed by atoms with E-state index in [9.17, 15) is 19.2 Å². The molecule has 7 nitrogen and oxygen atoms in total. The Labute approximate surface area is 152 Å². The molecule has 3 aromatic rings. The van der Waals surface area contributed by atoms with Crippen molar-refractivity contribution in [2.24, 2.45) is 0 Å². The van der Waals surface area contributed by atoms with Crippen LogP contribution in [0.3, 0.4) is 0 Å². The number of carbonyl (C=O) groups is 4. The van der Waals surface area contributed by atoms with Crippen LogP contribution in [0.25, 0.3) is 10.8 Å². The molecule has 0 bridgehead atoms. The highest BCUT2D eigenvalue weighted by atomic mass is 16.2. The number of pyridine rings is 1. The Bertz CT molecular complexity index is 1130. The lowest BCUT2D eigenvalue weighted by Gasteiger charge is -2.29. The molecule has 0 atom stereocenters. The second-order valence-corrected chi connectivity index (χ2v) is 6.41. The molecule has 1 aromatic heterocycles. The lowest BCUT2D eigenvalue weighted by atomic mass is 9.86. The van der Waals surface area contributed by atoms with Crippen LogP contribution < -0.4 is 5.32 Å². The molecule has 0 saturated carbocycles. The third-order valence-electron chi connectivity index (χ3n) is 4.89. The lowest BCUT2D eigenvalue weighted by Crippen LogP contribution is -2.41. The molecule has 0 saturated heterocycles. The topological polar surface area (TPSA) is 96.4 Å². The Balaban J connectivity index is 1.73. The Morgan fingerprint density at radius 3 is 1.89 bits per heavy atom. The van der Waals surface area contributed by atoms with E-state index in [1.807, 2.05) is 0 Å². The summed E-state index contributed by atoms with van der Waals surface area (Å²) in [7, 11) is 0. The van der Waals surface area contributed by atoms with Crippen LogP contribution in [0, 0.1) is 0 Å². The summed E-state index contributed by atoms with van der Waals surface area (Å²) in [5.41, 5.74) is 1.90. The number of benzene rings is 2. The van der Waals surface area contributed by atoms with Crippen LogP contribution in [0.1, 0.15) is 47.0 Å². The zero-order valence-electron chi connectivity index (χ0n) is 13.9. The molecule has 7 heteroatoms. The van der Waals surface area contributed by atoms with E-state index in [2.05, 4.69) is 10.3 Å². The number of imide groups is 2. The first-order chi connectivity index (χ1) is 13.1. The third kappa shape index (κ3) is 2.05. The summed E-state index contributed by atoms with van der Waals surface area (Å²) < 4.78 is 0. The molecule has 5 rings (SSSR count). The van der Waals surface area contributed by atoms with Crippen LogP contribution in [-0.4, -0.2) is 33.5 Å². The van der Waals surface area contributed by atoms with Crippen molar-refractivity contribution < 1.29 is 19.2 Å². The highest BCUT2D eigenvalue weighted by molar-refractivity contribution is 6.33. The van der Waals surface area contributed by atoms with Crippen molar-refractivity contribution in [1.82, 2.24) is 15.2 Å². The summed E-state index contributed by atoms with van der Waals surface area (Å²) in [5.74, 6) is -1.99. The zero-order valence-corrected chi connectivity index (χ0v) is 13.9. The molecule has 2 aliphatic heterocycles. The van der Waals surface area contributed by atoms with Gasteiger partial charge in [0.15, 0.2) is 0 Å². The molecule has 27 heavy (non-hydrogen) atoms. The lowest BCUT2D eigenvalue weighted by molar-refractivity contribution is 0.0596. The molecular weight excluding hydrogens is 346 g/mol. The Hall–Kier alpha value is -3.87. The van der Waals surface area contributed by atoms with Gasteiger partial charge in [0.25, 0.3) is 23.6 Å². The van der Waals surface area contributed by atoms with Crippen LogP contribution in [0.4, 0.5) is 0 Å². The summed E-state index contributed by atoms with van der Waals surface area (Å²) in [6.45, 7) is 0.0926. The van der Waals surface area contributed by atoms with Crippen molar-refractivity contribution in [3.63, 3.8) is 0 Å². The van der Waals surface area contributed by atoms with Gasteiger partial charge in [0.1, 0.15) is 0 Å². The van der Waals surface area contributed by atoms with Gasteiger partial charge in [0, 0.05) is 45.4 Å². The van der Waals surface area contributed by atoms with Gasteiger partial charge in [-0.2, -0.15) is 0 Å². The molecular formula is C20H11N3O4. The van der Waals surface area contributed by atoms with Gasteiger partial charge in [-0.1, -0.05) is 6.07 Å². The molecule has 3 heterocycles. The fraction of sp³-hybridized carbons (Fsp3) is 0.0500. The standard InChI is InChI=1S/C20H11N3O4/c24-17-11-3-5-13-16-14(6-4-12(15(11)16)18(25)22-17)20(27)23(19(13)26)9-10-2-1-7-21-8-10/h1-8H,9H2,(H,22,24,25). The molecule has 0 unspecified atom stereocenters. The molecule has 130 valence electrons. The van der Waals surface area contributed by atoms with Crippen LogP contribution in [0.5, 0.6) is 0 Å². The predicted molar refractivity (Wildman–Crippen MR) is 94.2 cm³/mol. The highest BCUT2D eigenvalue weighted by Gasteiger charge is 2.36. The second kappa shape index (κ2) is 5.31. The zero-order chi connectivity index (χ0) is 18.7. The van der Waals surface area contributed by atoms with E-state index < -0.39 is 23.6 Å². The first-order valence-electron chi connectivity index (χ1n) is 8.27. The van der Waals surface area contributed by atoms with Crippen molar-refractivity contribution in [2.45, 2.75) is 6.54 Å². The maximum atomic E-state index is 13.0. The van der Waals surface area contributed by atoms with Crippen molar-refractivity contribution >= 4 is 34.4 Å². The number of nitrogens with one attached hydrogen (secondary N) is 1. The smallest absolute Gasteiger partial charge is 0.261 e. The first kappa shape index (κ1) is 15.4. The Kier molecular flexibility index (Phi) is 3.03. The summed E-state index contributed by atoms with van der Waals surface area (Å²) in [4.78, 5) is 55.5. The van der Waals surface area contributed by atoms with Crippen molar-refractivity contribution in [2.75, 3.05) is 0 Å². The number of carbonyl (C=O) groups excluding carboxylic acids is 4. The van der Waals surface area contributed by atoms with E-state index in [1.54, 1.807) is 24.5 Å². The minimum Gasteiger partial charge on any atom is -0.288 e. The number of rotatable bonds is 2. The number of hydrogen-bond acceptors (Lipinski definition) is 5. The normalized spacial score (nSPS) is 15.3. The predicted octanol–water partition coefficient (Wildman–Crippen LogP) is 1.91. The minimum atomic E-state index is -0.533. The summed E-state index contributed by atoms with van der Waals surface area (Å²) in [6, 6.07) is 9.62. The molecule has 0 aliphatic carbocycles. The molecule has 4 amide bonds. The maximum absolute atomic E-state index is 13.0. The number of aromatic nitrogens is 1. The van der Waals surface area contributed by atoms with Crippen LogP contribution in [0.2, 0.25) is 0 Å². The van der Waals surface area contributed by atoms with Crippen LogP contribution in [0.15, 0.2) is 48.8 Å². The monoisotopic (exact) mass is 357 g/mol.